The average Bonchev–Trinajstić information content (AvgIpc) is 1.78. The van der Waals surface area contributed by atoms with E-state index < -0.39 is 16.2 Å². The van der Waals surface area contributed by atoms with Crippen molar-refractivity contribution in [3.05, 3.63) is 11.3 Å². The van der Waals surface area contributed by atoms with Crippen molar-refractivity contribution in [1.29, 1.82) is 0 Å². The largest absolute Gasteiger partial charge is 0.409 e. The molecule has 0 saturated heterocycles. The molecule has 1 aliphatic rings. The lowest BCUT2D eigenvalue weighted by Gasteiger charge is -2.20. The molecule has 0 aromatic carbocycles. The lowest BCUT2D eigenvalue weighted by atomic mass is 10.0. The Morgan fingerprint density at radius 3 is 2.31 bits per heavy atom. The molecule has 1 amide bonds. The molecule has 1 aliphatic heterocycles. The second-order valence-corrected chi connectivity index (χ2v) is 4.37. The fraction of sp³-hybridized carbons (Fsp3) is 0.571. The fourth-order valence-corrected chi connectivity index (χ4v) is 2.02. The molecule has 0 atom stereocenters. The Labute approximate surface area is 77.0 Å². The van der Waals surface area contributed by atoms with E-state index in [0.717, 1.165) is 0 Å². The van der Waals surface area contributed by atoms with Crippen LogP contribution in [0.4, 0.5) is 0 Å². The summed E-state index contributed by atoms with van der Waals surface area (Å²) in [5.41, 5.74) is 0.370. The summed E-state index contributed by atoms with van der Waals surface area (Å²) < 4.78 is 28.0. The van der Waals surface area contributed by atoms with Crippen molar-refractivity contribution in [1.82, 2.24) is 4.72 Å². The number of allylic oxidation sites excluding steroid dienone is 1. The molecule has 0 bridgehead atoms. The van der Waals surface area contributed by atoms with Crippen LogP contribution in [0.2, 0.25) is 0 Å². The molecule has 0 aliphatic carbocycles. The minimum atomic E-state index is -3.90. The average molecular weight is 205 g/mol. The Morgan fingerprint density at radius 2 is 1.92 bits per heavy atom. The highest BCUT2D eigenvalue weighted by Gasteiger charge is 2.30. The van der Waals surface area contributed by atoms with E-state index in [0.29, 0.717) is 5.57 Å². The van der Waals surface area contributed by atoms with Gasteiger partial charge in [0.2, 0.25) is 0 Å². The molecule has 1 heterocycles. The first-order valence-corrected chi connectivity index (χ1v) is 5.21. The zero-order chi connectivity index (χ0) is 10.2. The predicted octanol–water partition coefficient (Wildman–Crippen LogP) is 0.308. The Morgan fingerprint density at radius 1 is 1.38 bits per heavy atom. The van der Waals surface area contributed by atoms with E-state index in [-0.39, 0.29) is 11.7 Å². The minimum absolute atomic E-state index is 0.0597. The summed E-state index contributed by atoms with van der Waals surface area (Å²) in [7, 11) is -3.90. The van der Waals surface area contributed by atoms with Gasteiger partial charge in [0.05, 0.1) is 5.57 Å². The van der Waals surface area contributed by atoms with Crippen molar-refractivity contribution in [3.63, 3.8) is 0 Å². The summed E-state index contributed by atoms with van der Waals surface area (Å²) in [6, 6.07) is 0. The number of carbonyl (C=O) groups is 1. The Hall–Kier alpha value is -1.04. The summed E-state index contributed by atoms with van der Waals surface area (Å²) >= 11 is 0. The molecule has 5 nitrogen and oxygen atoms in total. The molecule has 0 unspecified atom stereocenters. The highest BCUT2D eigenvalue weighted by Crippen LogP contribution is 2.21. The van der Waals surface area contributed by atoms with E-state index in [4.69, 9.17) is 0 Å². The fourth-order valence-electron chi connectivity index (χ4n) is 1.23. The van der Waals surface area contributed by atoms with Crippen LogP contribution in [0.15, 0.2) is 11.3 Å². The van der Waals surface area contributed by atoms with Crippen LogP contribution in [0, 0.1) is 5.92 Å². The van der Waals surface area contributed by atoms with Crippen LogP contribution in [-0.2, 0) is 19.3 Å². The highest BCUT2D eigenvalue weighted by atomic mass is 32.2. The van der Waals surface area contributed by atoms with Crippen LogP contribution < -0.4 is 4.72 Å². The maximum atomic E-state index is 11.2. The van der Waals surface area contributed by atoms with E-state index in [1.54, 1.807) is 18.6 Å². The van der Waals surface area contributed by atoms with Crippen molar-refractivity contribution in [2.45, 2.75) is 20.8 Å². The maximum Gasteiger partial charge on any atom is 0.409 e. The smallest absolute Gasteiger partial charge is 0.371 e. The summed E-state index contributed by atoms with van der Waals surface area (Å²) in [6.45, 7) is 5.05. The molecular weight excluding hydrogens is 194 g/mol. The van der Waals surface area contributed by atoms with Gasteiger partial charge in [0.1, 0.15) is 5.76 Å². The molecule has 0 aromatic rings. The Kier molecular flexibility index (Phi) is 2.34. The van der Waals surface area contributed by atoms with Crippen LogP contribution in [-0.4, -0.2) is 14.3 Å². The molecule has 0 spiro atoms. The van der Waals surface area contributed by atoms with E-state index in [1.165, 1.54) is 6.92 Å². The van der Waals surface area contributed by atoms with Crippen LogP contribution in [0.3, 0.4) is 0 Å². The molecule has 1 rings (SSSR count). The van der Waals surface area contributed by atoms with Gasteiger partial charge in [-0.2, -0.15) is 8.42 Å². The van der Waals surface area contributed by atoms with E-state index in [1.807, 2.05) is 0 Å². The molecule has 0 fully saturated rings. The van der Waals surface area contributed by atoms with Gasteiger partial charge in [0.25, 0.3) is 5.91 Å². The molecular formula is C7H11NO4S. The molecule has 0 saturated carbocycles. The van der Waals surface area contributed by atoms with E-state index >= 15 is 0 Å². The quantitative estimate of drug-likeness (QED) is 0.668. The van der Waals surface area contributed by atoms with E-state index in [2.05, 4.69) is 4.18 Å². The molecule has 0 radical (unpaired) electrons. The van der Waals surface area contributed by atoms with Crippen molar-refractivity contribution < 1.29 is 17.4 Å². The molecule has 74 valence electrons. The van der Waals surface area contributed by atoms with Gasteiger partial charge in [0, 0.05) is 0 Å². The minimum Gasteiger partial charge on any atom is -0.371 e. The maximum absolute atomic E-state index is 11.2. The number of amides is 1. The third kappa shape index (κ3) is 2.00. The van der Waals surface area contributed by atoms with E-state index in [9.17, 15) is 13.2 Å². The van der Waals surface area contributed by atoms with Gasteiger partial charge in [-0.25, -0.2) is 4.72 Å². The second-order valence-electron chi connectivity index (χ2n) is 3.09. The van der Waals surface area contributed by atoms with Gasteiger partial charge in [-0.15, -0.1) is 0 Å². The molecule has 0 aromatic heterocycles. The number of hydrogen-bond acceptors (Lipinski definition) is 4. The number of carbonyl (C=O) groups excluding carboxylic acids is 1. The predicted molar refractivity (Wildman–Crippen MR) is 45.7 cm³/mol. The van der Waals surface area contributed by atoms with Crippen LogP contribution >= 0.6 is 0 Å². The van der Waals surface area contributed by atoms with Crippen molar-refractivity contribution >= 4 is 16.2 Å². The third-order valence-corrected chi connectivity index (χ3v) is 2.56. The number of rotatable bonds is 1. The van der Waals surface area contributed by atoms with Gasteiger partial charge in [0.15, 0.2) is 0 Å². The Balaban J connectivity index is 3.16. The van der Waals surface area contributed by atoms with Gasteiger partial charge < -0.3 is 4.18 Å². The molecule has 1 N–H and O–H groups in total. The Bertz CT molecular complexity index is 366. The first-order chi connectivity index (χ1) is 5.83. The van der Waals surface area contributed by atoms with Crippen LogP contribution in [0.1, 0.15) is 20.8 Å². The highest BCUT2D eigenvalue weighted by molar-refractivity contribution is 7.85. The summed E-state index contributed by atoms with van der Waals surface area (Å²) in [4.78, 5) is 11.2. The monoisotopic (exact) mass is 205 g/mol. The van der Waals surface area contributed by atoms with Crippen molar-refractivity contribution in [3.8, 4) is 0 Å². The lowest BCUT2D eigenvalue weighted by Crippen LogP contribution is -2.38. The number of nitrogens with one attached hydrogen (secondary N) is 1. The molecule has 6 heteroatoms. The van der Waals surface area contributed by atoms with Crippen LogP contribution in [0.5, 0.6) is 0 Å². The summed E-state index contributed by atoms with van der Waals surface area (Å²) in [5.74, 6) is -0.506. The lowest BCUT2D eigenvalue weighted by molar-refractivity contribution is -0.116. The zero-order valence-corrected chi connectivity index (χ0v) is 8.44. The SMILES string of the molecule is CC1=C(C(C)C)C(=O)NS(=O)(=O)O1. The first kappa shape index (κ1) is 10.0. The second kappa shape index (κ2) is 3.02. The van der Waals surface area contributed by atoms with Crippen molar-refractivity contribution in [2.75, 3.05) is 0 Å². The third-order valence-electron chi connectivity index (χ3n) is 1.65. The number of hydrogen-bond donors (Lipinski definition) is 1. The summed E-state index contributed by atoms with van der Waals surface area (Å²) in [6.07, 6.45) is 0. The van der Waals surface area contributed by atoms with Gasteiger partial charge >= 0.3 is 10.3 Å². The van der Waals surface area contributed by atoms with Crippen molar-refractivity contribution in [2.24, 2.45) is 5.92 Å². The molecule has 13 heavy (non-hydrogen) atoms. The van der Waals surface area contributed by atoms with Gasteiger partial charge in [-0.3, -0.25) is 4.79 Å². The normalized spacial score (nSPS) is 21.4. The van der Waals surface area contributed by atoms with Crippen LogP contribution in [0.25, 0.3) is 0 Å². The first-order valence-electron chi connectivity index (χ1n) is 3.81. The van der Waals surface area contributed by atoms with Gasteiger partial charge in [-0.05, 0) is 12.8 Å². The standard InChI is InChI=1S/C7H11NO4S/c1-4(2)6-5(3)12-13(10,11)8-7(6)9/h4H,1-3H3,(H,8,9). The van der Waals surface area contributed by atoms with Gasteiger partial charge in [-0.1, -0.05) is 13.8 Å². The summed E-state index contributed by atoms with van der Waals surface area (Å²) in [5, 5.41) is 0. The zero-order valence-electron chi connectivity index (χ0n) is 7.62. The topological polar surface area (TPSA) is 72.5 Å².